The lowest BCUT2D eigenvalue weighted by Gasteiger charge is -2.40. The van der Waals surface area contributed by atoms with Gasteiger partial charge in [-0.2, -0.15) is 0 Å². The maximum absolute atomic E-state index is 13.0. The topological polar surface area (TPSA) is 65.5 Å². The smallest absolute Gasteiger partial charge is 0.317 e. The fraction of sp³-hybridized carbons (Fsp3) is 0.421. The number of hydrogen-bond donors (Lipinski definition) is 1. The molecule has 2 saturated heterocycles. The Hall–Kier alpha value is -2.63. The van der Waals surface area contributed by atoms with Crippen molar-refractivity contribution in [3.05, 3.63) is 42.1 Å². The van der Waals surface area contributed by atoms with Crippen molar-refractivity contribution in [1.29, 1.82) is 0 Å². The van der Waals surface area contributed by atoms with Crippen LogP contribution in [0.1, 0.15) is 29.6 Å². The summed E-state index contributed by atoms with van der Waals surface area (Å²) in [5.41, 5.74) is 1.55. The van der Waals surface area contributed by atoms with Gasteiger partial charge in [0.1, 0.15) is 0 Å². The maximum Gasteiger partial charge on any atom is 0.317 e. The van der Waals surface area contributed by atoms with Gasteiger partial charge in [0.05, 0.1) is 5.52 Å². The number of amides is 3. The summed E-state index contributed by atoms with van der Waals surface area (Å²) < 4.78 is 0. The molecule has 130 valence electrons. The molecule has 1 aromatic carbocycles. The molecule has 0 unspecified atom stereocenters. The van der Waals surface area contributed by atoms with Crippen LogP contribution in [-0.2, 0) is 0 Å². The van der Waals surface area contributed by atoms with Gasteiger partial charge in [-0.3, -0.25) is 9.78 Å². The van der Waals surface area contributed by atoms with Gasteiger partial charge in [0.2, 0.25) is 0 Å². The summed E-state index contributed by atoms with van der Waals surface area (Å²) in [6.45, 7) is 2.95. The number of urea groups is 1. The predicted octanol–water partition coefficient (Wildman–Crippen LogP) is 2.25. The second kappa shape index (κ2) is 6.70. The van der Waals surface area contributed by atoms with Crippen molar-refractivity contribution in [3.63, 3.8) is 0 Å². The number of nitrogens with one attached hydrogen (secondary N) is 1. The first-order valence-corrected chi connectivity index (χ1v) is 8.91. The van der Waals surface area contributed by atoms with E-state index in [1.54, 1.807) is 6.20 Å². The Morgan fingerprint density at radius 2 is 1.96 bits per heavy atom. The van der Waals surface area contributed by atoms with Crippen molar-refractivity contribution in [3.8, 4) is 0 Å². The van der Waals surface area contributed by atoms with Gasteiger partial charge < -0.3 is 15.1 Å². The summed E-state index contributed by atoms with van der Waals surface area (Å²) in [7, 11) is 0. The van der Waals surface area contributed by atoms with Crippen LogP contribution in [0.15, 0.2) is 36.5 Å². The van der Waals surface area contributed by atoms with Gasteiger partial charge in [-0.05, 0) is 37.5 Å². The van der Waals surface area contributed by atoms with Crippen LogP contribution in [-0.4, -0.2) is 58.9 Å². The molecule has 3 amide bonds. The van der Waals surface area contributed by atoms with Gasteiger partial charge >= 0.3 is 6.03 Å². The molecular formula is C19H22N4O2. The average Bonchev–Trinajstić information content (AvgIpc) is 2.67. The minimum Gasteiger partial charge on any atom is -0.338 e. The van der Waals surface area contributed by atoms with E-state index in [1.165, 1.54) is 0 Å². The van der Waals surface area contributed by atoms with E-state index >= 15 is 0 Å². The monoisotopic (exact) mass is 338 g/mol. The highest BCUT2D eigenvalue weighted by Gasteiger charge is 2.31. The zero-order chi connectivity index (χ0) is 17.2. The third kappa shape index (κ3) is 3.04. The summed E-state index contributed by atoms with van der Waals surface area (Å²) in [5, 5.41) is 3.80. The zero-order valence-electron chi connectivity index (χ0n) is 14.1. The van der Waals surface area contributed by atoms with Crippen LogP contribution >= 0.6 is 0 Å². The molecule has 0 atom stereocenters. The second-order valence-electron chi connectivity index (χ2n) is 6.68. The summed E-state index contributed by atoms with van der Waals surface area (Å²) in [5.74, 6) is 0.0557. The molecule has 6 heteroatoms. The Labute approximate surface area is 146 Å². The van der Waals surface area contributed by atoms with E-state index in [9.17, 15) is 9.59 Å². The molecule has 2 aromatic rings. The molecule has 0 spiro atoms. The van der Waals surface area contributed by atoms with Crippen molar-refractivity contribution < 1.29 is 9.59 Å². The van der Waals surface area contributed by atoms with Crippen LogP contribution in [0.2, 0.25) is 0 Å². The number of fused-ring (bicyclic) bond motifs is 1. The summed E-state index contributed by atoms with van der Waals surface area (Å²) in [6.07, 6.45) is 4.41. The van der Waals surface area contributed by atoms with Crippen molar-refractivity contribution in [1.82, 2.24) is 20.1 Å². The molecule has 0 bridgehead atoms. The second-order valence-corrected chi connectivity index (χ2v) is 6.68. The zero-order valence-corrected chi connectivity index (χ0v) is 14.1. The molecule has 1 N–H and O–H groups in total. The quantitative estimate of drug-likeness (QED) is 0.913. The van der Waals surface area contributed by atoms with Gasteiger partial charge in [-0.15, -0.1) is 0 Å². The molecule has 25 heavy (non-hydrogen) atoms. The number of benzene rings is 1. The first-order valence-electron chi connectivity index (χ1n) is 8.91. The highest BCUT2D eigenvalue weighted by Crippen LogP contribution is 2.23. The molecule has 6 nitrogen and oxygen atoms in total. The molecule has 2 aliphatic heterocycles. The number of aromatic nitrogens is 1. The van der Waals surface area contributed by atoms with Crippen molar-refractivity contribution >= 4 is 22.8 Å². The van der Waals surface area contributed by atoms with Crippen LogP contribution in [0.3, 0.4) is 0 Å². The fourth-order valence-electron chi connectivity index (χ4n) is 3.84. The molecular weight excluding hydrogens is 316 g/mol. The van der Waals surface area contributed by atoms with E-state index in [2.05, 4.69) is 10.3 Å². The number of likely N-dealkylation sites (tertiary alicyclic amines) is 1. The van der Waals surface area contributed by atoms with Crippen molar-refractivity contribution in [2.45, 2.75) is 25.3 Å². The number of piperidine rings is 1. The molecule has 0 saturated carbocycles. The lowest BCUT2D eigenvalue weighted by Crippen LogP contribution is -2.54. The lowest BCUT2D eigenvalue weighted by atomic mass is 10.0. The van der Waals surface area contributed by atoms with Crippen LogP contribution in [0.25, 0.3) is 10.9 Å². The Bertz CT molecular complexity index is 794. The van der Waals surface area contributed by atoms with Gasteiger partial charge in [0.25, 0.3) is 5.91 Å². The molecule has 2 aliphatic rings. The molecule has 1 aromatic heterocycles. The Morgan fingerprint density at radius 1 is 1.12 bits per heavy atom. The fourth-order valence-corrected chi connectivity index (χ4v) is 3.84. The van der Waals surface area contributed by atoms with Crippen LogP contribution < -0.4 is 5.32 Å². The summed E-state index contributed by atoms with van der Waals surface area (Å²) in [4.78, 5) is 33.1. The summed E-state index contributed by atoms with van der Waals surface area (Å²) >= 11 is 0. The molecule has 4 rings (SSSR count). The van der Waals surface area contributed by atoms with Crippen LogP contribution in [0.5, 0.6) is 0 Å². The largest absolute Gasteiger partial charge is 0.338 e. The van der Waals surface area contributed by atoms with Gasteiger partial charge in [-0.25, -0.2) is 4.79 Å². The van der Waals surface area contributed by atoms with Gasteiger partial charge in [0, 0.05) is 49.4 Å². The first kappa shape index (κ1) is 15.9. The number of hydrogen-bond acceptors (Lipinski definition) is 3. The average molecular weight is 338 g/mol. The Morgan fingerprint density at radius 3 is 2.76 bits per heavy atom. The van der Waals surface area contributed by atoms with E-state index in [-0.39, 0.29) is 18.0 Å². The predicted molar refractivity (Wildman–Crippen MR) is 95.4 cm³/mol. The summed E-state index contributed by atoms with van der Waals surface area (Å²) in [6, 6.07) is 9.76. The maximum atomic E-state index is 13.0. The van der Waals surface area contributed by atoms with Crippen molar-refractivity contribution in [2.75, 3.05) is 26.2 Å². The van der Waals surface area contributed by atoms with Crippen LogP contribution in [0.4, 0.5) is 4.79 Å². The van der Waals surface area contributed by atoms with E-state index in [4.69, 9.17) is 0 Å². The Balaban J connectivity index is 1.47. The standard InChI is InChI=1S/C19H22N4O2/c24-18(16-4-1-6-17-15(16)5-2-9-20-17)22-12-7-14(8-13-22)23-11-3-10-21-19(23)25/h1-2,4-6,9,14H,3,7-8,10-13H2,(H,21,25). The number of carbonyl (C=O) groups excluding carboxylic acids is 2. The minimum atomic E-state index is 0.0381. The van der Waals surface area contributed by atoms with Crippen LogP contribution in [0, 0.1) is 0 Å². The Kier molecular flexibility index (Phi) is 4.26. The van der Waals surface area contributed by atoms with Crippen molar-refractivity contribution in [2.24, 2.45) is 0 Å². The normalized spacial score (nSPS) is 19.1. The minimum absolute atomic E-state index is 0.0381. The molecule has 2 fully saturated rings. The SMILES string of the molecule is O=C(c1cccc2ncccc12)N1CCC(N2CCCNC2=O)CC1. The molecule has 0 aliphatic carbocycles. The van der Waals surface area contributed by atoms with E-state index in [1.807, 2.05) is 40.1 Å². The first-order chi connectivity index (χ1) is 12.2. The van der Waals surface area contributed by atoms with Gasteiger partial charge in [-0.1, -0.05) is 12.1 Å². The molecule has 3 heterocycles. The third-order valence-corrected chi connectivity index (χ3v) is 5.18. The number of nitrogens with zero attached hydrogens (tertiary/aromatic N) is 3. The van der Waals surface area contributed by atoms with E-state index < -0.39 is 0 Å². The number of rotatable bonds is 2. The highest BCUT2D eigenvalue weighted by atomic mass is 16.2. The number of pyridine rings is 1. The number of carbonyl (C=O) groups is 2. The third-order valence-electron chi connectivity index (χ3n) is 5.18. The lowest BCUT2D eigenvalue weighted by molar-refractivity contribution is 0.0644. The highest BCUT2D eigenvalue weighted by molar-refractivity contribution is 6.06. The molecule has 0 radical (unpaired) electrons. The van der Waals surface area contributed by atoms with E-state index in [0.717, 1.165) is 43.3 Å². The van der Waals surface area contributed by atoms with E-state index in [0.29, 0.717) is 18.7 Å². The van der Waals surface area contributed by atoms with Gasteiger partial charge in [0.15, 0.2) is 0 Å².